The average molecular weight is 226 g/mol. The van der Waals surface area contributed by atoms with Crippen LogP contribution in [0.25, 0.3) is 0 Å². The Morgan fingerprint density at radius 2 is 2.31 bits per heavy atom. The number of nitrogens with one attached hydrogen (secondary N) is 3. The molecule has 2 saturated heterocycles. The zero-order valence-corrected chi connectivity index (χ0v) is 9.45. The number of likely N-dealkylation sites (N-methyl/N-ethyl adjacent to an activating group) is 1. The second-order valence-corrected chi connectivity index (χ2v) is 4.32. The number of likely N-dealkylation sites (tertiary alicyclic amines) is 1. The molecule has 2 rings (SSSR count). The highest BCUT2D eigenvalue weighted by molar-refractivity contribution is 5.91. The summed E-state index contributed by atoms with van der Waals surface area (Å²) in [6.45, 7) is 3.02. The van der Waals surface area contributed by atoms with Gasteiger partial charge in [0.25, 0.3) is 0 Å². The van der Waals surface area contributed by atoms with Crippen LogP contribution >= 0.6 is 0 Å². The molecule has 2 atom stereocenters. The van der Waals surface area contributed by atoms with E-state index in [1.807, 2.05) is 0 Å². The molecule has 90 valence electrons. The molecule has 2 aliphatic heterocycles. The van der Waals surface area contributed by atoms with Gasteiger partial charge in [-0.3, -0.25) is 9.59 Å². The van der Waals surface area contributed by atoms with Gasteiger partial charge in [0.15, 0.2) is 0 Å². The molecule has 6 nitrogen and oxygen atoms in total. The van der Waals surface area contributed by atoms with Crippen LogP contribution in [0.3, 0.4) is 0 Å². The van der Waals surface area contributed by atoms with Crippen molar-refractivity contribution in [1.29, 1.82) is 0 Å². The monoisotopic (exact) mass is 226 g/mol. The van der Waals surface area contributed by atoms with Crippen molar-refractivity contribution < 1.29 is 9.59 Å². The van der Waals surface area contributed by atoms with E-state index in [-0.39, 0.29) is 23.9 Å². The molecule has 0 aromatic rings. The van der Waals surface area contributed by atoms with Gasteiger partial charge in [-0.2, -0.15) is 0 Å². The van der Waals surface area contributed by atoms with E-state index in [1.165, 1.54) is 0 Å². The fourth-order valence-corrected chi connectivity index (χ4v) is 2.07. The predicted octanol–water partition coefficient (Wildman–Crippen LogP) is -2.11. The lowest BCUT2D eigenvalue weighted by Gasteiger charge is -2.24. The lowest BCUT2D eigenvalue weighted by Crippen LogP contribution is -2.57. The van der Waals surface area contributed by atoms with Crippen LogP contribution in [0, 0.1) is 0 Å². The number of rotatable bonds is 2. The highest BCUT2D eigenvalue weighted by Gasteiger charge is 2.32. The maximum Gasteiger partial charge on any atom is 0.244 e. The van der Waals surface area contributed by atoms with E-state index in [1.54, 1.807) is 11.9 Å². The molecular weight excluding hydrogens is 208 g/mol. The first-order valence-corrected chi connectivity index (χ1v) is 5.68. The van der Waals surface area contributed by atoms with E-state index in [0.717, 1.165) is 19.6 Å². The van der Waals surface area contributed by atoms with Gasteiger partial charge in [-0.05, 0) is 6.42 Å². The summed E-state index contributed by atoms with van der Waals surface area (Å²) < 4.78 is 0. The number of piperazine rings is 1. The van der Waals surface area contributed by atoms with Crippen LogP contribution in [0.15, 0.2) is 0 Å². The zero-order valence-electron chi connectivity index (χ0n) is 9.45. The van der Waals surface area contributed by atoms with Gasteiger partial charge in [0.2, 0.25) is 11.8 Å². The number of hydrogen-bond donors (Lipinski definition) is 3. The molecule has 0 saturated carbocycles. The molecule has 2 unspecified atom stereocenters. The lowest BCUT2D eigenvalue weighted by atomic mass is 10.2. The summed E-state index contributed by atoms with van der Waals surface area (Å²) in [6.07, 6.45) is 0.710. The van der Waals surface area contributed by atoms with Crippen molar-refractivity contribution in [2.24, 2.45) is 0 Å². The number of hydrogen-bond acceptors (Lipinski definition) is 4. The highest BCUT2D eigenvalue weighted by Crippen LogP contribution is 2.08. The van der Waals surface area contributed by atoms with E-state index in [9.17, 15) is 9.59 Å². The maximum atomic E-state index is 11.8. The summed E-state index contributed by atoms with van der Waals surface area (Å²) in [5.74, 6) is -0.0713. The van der Waals surface area contributed by atoms with Crippen molar-refractivity contribution in [2.45, 2.75) is 18.5 Å². The molecule has 0 aromatic carbocycles. The largest absolute Gasteiger partial charge is 0.344 e. The third kappa shape index (κ3) is 2.33. The Labute approximate surface area is 94.7 Å². The molecule has 0 aromatic heterocycles. The molecule has 16 heavy (non-hydrogen) atoms. The molecule has 3 N–H and O–H groups in total. The van der Waals surface area contributed by atoms with Gasteiger partial charge in [-0.25, -0.2) is 0 Å². The molecule has 2 aliphatic rings. The Kier molecular flexibility index (Phi) is 3.40. The van der Waals surface area contributed by atoms with Gasteiger partial charge in [-0.1, -0.05) is 0 Å². The van der Waals surface area contributed by atoms with E-state index in [4.69, 9.17) is 0 Å². The number of carbonyl (C=O) groups is 2. The molecule has 0 aliphatic carbocycles. The molecular formula is C10H18N4O2. The number of amides is 2. The molecule has 6 heteroatoms. The molecule has 0 spiro atoms. The van der Waals surface area contributed by atoms with Gasteiger partial charge >= 0.3 is 0 Å². The van der Waals surface area contributed by atoms with Crippen molar-refractivity contribution in [2.75, 3.05) is 33.2 Å². The minimum absolute atomic E-state index is 0.0112. The third-order valence-corrected chi connectivity index (χ3v) is 3.10. The second-order valence-electron chi connectivity index (χ2n) is 4.32. The fraction of sp³-hybridized carbons (Fsp3) is 0.800. The smallest absolute Gasteiger partial charge is 0.244 e. The first-order valence-electron chi connectivity index (χ1n) is 5.68. The Balaban J connectivity index is 1.84. The molecule has 2 amide bonds. The SMILES string of the molecule is CN1CCC(NC(=O)C2CNCCN2)C1=O. The minimum Gasteiger partial charge on any atom is -0.344 e. The van der Waals surface area contributed by atoms with Crippen LogP contribution in [0.5, 0.6) is 0 Å². The number of carbonyl (C=O) groups excluding carboxylic acids is 2. The average Bonchev–Trinajstić information content (AvgIpc) is 2.62. The summed E-state index contributed by atoms with van der Waals surface area (Å²) >= 11 is 0. The van der Waals surface area contributed by atoms with Crippen LogP contribution < -0.4 is 16.0 Å². The molecule has 2 fully saturated rings. The van der Waals surface area contributed by atoms with Crippen LogP contribution in [0.4, 0.5) is 0 Å². The highest BCUT2D eigenvalue weighted by atomic mass is 16.2. The molecule has 2 heterocycles. The number of nitrogens with zero attached hydrogens (tertiary/aromatic N) is 1. The third-order valence-electron chi connectivity index (χ3n) is 3.10. The van der Waals surface area contributed by atoms with Gasteiger partial charge < -0.3 is 20.9 Å². The summed E-state index contributed by atoms with van der Waals surface area (Å²) in [5, 5.41) is 9.06. The lowest BCUT2D eigenvalue weighted by molar-refractivity contribution is -0.132. The van der Waals surface area contributed by atoms with E-state index in [0.29, 0.717) is 13.0 Å². The summed E-state index contributed by atoms with van der Waals surface area (Å²) in [6, 6.07) is -0.548. The first-order chi connectivity index (χ1) is 7.68. The van der Waals surface area contributed by atoms with Gasteiger partial charge in [-0.15, -0.1) is 0 Å². The Morgan fingerprint density at radius 3 is 2.88 bits per heavy atom. The summed E-state index contributed by atoms with van der Waals surface area (Å²) in [7, 11) is 1.76. The van der Waals surface area contributed by atoms with Crippen molar-refractivity contribution in [1.82, 2.24) is 20.9 Å². The quantitative estimate of drug-likeness (QED) is 0.504. The Hall–Kier alpha value is -1.14. The fourth-order valence-electron chi connectivity index (χ4n) is 2.07. The first kappa shape index (κ1) is 11.3. The predicted molar refractivity (Wildman–Crippen MR) is 58.8 cm³/mol. The van der Waals surface area contributed by atoms with Crippen molar-refractivity contribution in [3.05, 3.63) is 0 Å². The van der Waals surface area contributed by atoms with Crippen LogP contribution in [-0.2, 0) is 9.59 Å². The van der Waals surface area contributed by atoms with Crippen LogP contribution in [-0.4, -0.2) is 62.0 Å². The van der Waals surface area contributed by atoms with Crippen molar-refractivity contribution >= 4 is 11.8 Å². The van der Waals surface area contributed by atoms with Gasteiger partial charge in [0.05, 0.1) is 6.04 Å². The van der Waals surface area contributed by atoms with E-state index >= 15 is 0 Å². The topological polar surface area (TPSA) is 73.5 Å². The minimum atomic E-state index is -0.332. The normalized spacial score (nSPS) is 30.6. The zero-order chi connectivity index (χ0) is 11.5. The van der Waals surface area contributed by atoms with Crippen molar-refractivity contribution in [3.8, 4) is 0 Å². The van der Waals surface area contributed by atoms with E-state index < -0.39 is 0 Å². The van der Waals surface area contributed by atoms with E-state index in [2.05, 4.69) is 16.0 Å². The second kappa shape index (κ2) is 4.80. The van der Waals surface area contributed by atoms with Crippen molar-refractivity contribution in [3.63, 3.8) is 0 Å². The van der Waals surface area contributed by atoms with Crippen LogP contribution in [0.2, 0.25) is 0 Å². The van der Waals surface area contributed by atoms with Gasteiger partial charge in [0.1, 0.15) is 6.04 Å². The molecule has 0 bridgehead atoms. The van der Waals surface area contributed by atoms with Gasteiger partial charge in [0, 0.05) is 33.2 Å². The standard InChI is InChI=1S/C10H18N4O2/c1-14-5-2-7(10(14)16)13-9(15)8-6-11-3-4-12-8/h7-8,11-12H,2-6H2,1H3,(H,13,15). The maximum absolute atomic E-state index is 11.8. The summed E-state index contributed by atoms with van der Waals surface area (Å²) in [5.41, 5.74) is 0. The summed E-state index contributed by atoms with van der Waals surface area (Å²) in [4.78, 5) is 25.1. The Morgan fingerprint density at radius 1 is 1.50 bits per heavy atom. The Bertz CT molecular complexity index is 289. The molecule has 0 radical (unpaired) electrons. The van der Waals surface area contributed by atoms with Crippen LogP contribution in [0.1, 0.15) is 6.42 Å².